The number of primary amides is 1. The van der Waals surface area contributed by atoms with Crippen LogP contribution < -0.4 is 21.7 Å². The van der Waals surface area contributed by atoms with Crippen molar-refractivity contribution in [3.05, 3.63) is 46.2 Å². The van der Waals surface area contributed by atoms with E-state index >= 15 is 0 Å². The fourth-order valence-electron chi connectivity index (χ4n) is 2.83. The first-order valence-electron chi connectivity index (χ1n) is 7.88. The molecule has 24 heavy (non-hydrogen) atoms. The highest BCUT2D eigenvalue weighted by Crippen LogP contribution is 2.26. The molecule has 0 saturated heterocycles. The van der Waals surface area contributed by atoms with Crippen LogP contribution in [-0.4, -0.2) is 18.5 Å². The fourth-order valence-corrected chi connectivity index (χ4v) is 3.61. The van der Waals surface area contributed by atoms with Crippen LogP contribution in [0.3, 0.4) is 0 Å². The molecule has 0 bridgehead atoms. The third-order valence-electron chi connectivity index (χ3n) is 3.92. The van der Waals surface area contributed by atoms with Gasteiger partial charge in [0, 0.05) is 22.8 Å². The zero-order valence-electron chi connectivity index (χ0n) is 13.2. The van der Waals surface area contributed by atoms with Gasteiger partial charge < -0.3 is 21.7 Å². The molecule has 1 atom stereocenters. The number of nitrogens with one attached hydrogen (secondary N) is 3. The Balaban J connectivity index is 1.66. The van der Waals surface area contributed by atoms with Crippen LogP contribution in [0.4, 0.5) is 16.2 Å². The van der Waals surface area contributed by atoms with Gasteiger partial charge in [-0.05, 0) is 48.1 Å². The molecule has 126 valence electrons. The predicted octanol–water partition coefficient (Wildman–Crippen LogP) is 2.84. The van der Waals surface area contributed by atoms with Crippen molar-refractivity contribution < 1.29 is 9.59 Å². The van der Waals surface area contributed by atoms with Gasteiger partial charge in [0.05, 0.1) is 12.5 Å². The van der Waals surface area contributed by atoms with Crippen LogP contribution in [0.5, 0.6) is 0 Å². The third-order valence-corrected chi connectivity index (χ3v) is 4.91. The minimum absolute atomic E-state index is 0.138. The van der Waals surface area contributed by atoms with Crippen LogP contribution in [0, 0.1) is 0 Å². The van der Waals surface area contributed by atoms with Crippen molar-refractivity contribution in [1.29, 1.82) is 0 Å². The Labute approximate surface area is 144 Å². The van der Waals surface area contributed by atoms with Gasteiger partial charge in [-0.3, -0.25) is 4.79 Å². The van der Waals surface area contributed by atoms with Crippen molar-refractivity contribution in [3.8, 4) is 0 Å². The highest BCUT2D eigenvalue weighted by molar-refractivity contribution is 7.10. The Hall–Kier alpha value is -2.54. The lowest BCUT2D eigenvalue weighted by atomic mass is 10.0. The smallest absolute Gasteiger partial charge is 0.312 e. The molecule has 1 aliphatic rings. The van der Waals surface area contributed by atoms with Crippen molar-refractivity contribution in [2.45, 2.75) is 25.3 Å². The zero-order chi connectivity index (χ0) is 16.9. The topological polar surface area (TPSA) is 96.2 Å². The Kier molecular flexibility index (Phi) is 5.00. The monoisotopic (exact) mass is 344 g/mol. The predicted molar refractivity (Wildman–Crippen MR) is 96.3 cm³/mol. The second-order valence-corrected chi connectivity index (χ2v) is 6.71. The van der Waals surface area contributed by atoms with Crippen molar-refractivity contribution in [1.82, 2.24) is 5.32 Å². The van der Waals surface area contributed by atoms with E-state index in [1.165, 1.54) is 16.9 Å². The molecule has 1 aromatic heterocycles. The molecule has 0 saturated carbocycles. The van der Waals surface area contributed by atoms with Crippen LogP contribution in [0.25, 0.3) is 0 Å². The van der Waals surface area contributed by atoms with Crippen LogP contribution in [0.2, 0.25) is 0 Å². The molecule has 0 fully saturated rings. The standard InChI is InChI=1S/C17H20N4O2S/c18-17(23)21-14(15-4-2-8-24-15)10-16(22)20-12-5-6-13-11(9-12)3-1-7-19-13/h2,4-6,8-9,14,19H,1,3,7,10H2,(H,20,22)(H3,18,21,23). The SMILES string of the molecule is NC(=O)NC(CC(=O)Nc1ccc2c(c1)CCCN2)c1cccs1. The molecule has 6 nitrogen and oxygen atoms in total. The number of nitrogens with two attached hydrogens (primary N) is 1. The molecule has 1 aliphatic heterocycles. The number of anilines is 2. The van der Waals surface area contributed by atoms with Gasteiger partial charge in [-0.25, -0.2) is 4.79 Å². The first kappa shape index (κ1) is 16.3. The number of hydrogen-bond donors (Lipinski definition) is 4. The molecule has 2 heterocycles. The average molecular weight is 344 g/mol. The van der Waals surface area contributed by atoms with E-state index in [1.807, 2.05) is 35.7 Å². The summed E-state index contributed by atoms with van der Waals surface area (Å²) in [5.74, 6) is -0.161. The molecule has 3 rings (SSSR count). The number of carbonyl (C=O) groups is 2. The third kappa shape index (κ3) is 4.05. The summed E-state index contributed by atoms with van der Waals surface area (Å²) >= 11 is 1.48. The lowest BCUT2D eigenvalue weighted by Gasteiger charge is -2.19. The summed E-state index contributed by atoms with van der Waals surface area (Å²) in [5, 5.41) is 10.8. The maximum Gasteiger partial charge on any atom is 0.312 e. The molecule has 1 unspecified atom stereocenters. The molecular weight excluding hydrogens is 324 g/mol. The van der Waals surface area contributed by atoms with E-state index < -0.39 is 12.1 Å². The zero-order valence-corrected chi connectivity index (χ0v) is 14.0. The molecule has 0 radical (unpaired) electrons. The lowest BCUT2D eigenvalue weighted by Crippen LogP contribution is -2.34. The average Bonchev–Trinajstić information content (AvgIpc) is 3.08. The molecule has 0 spiro atoms. The van der Waals surface area contributed by atoms with E-state index in [4.69, 9.17) is 5.73 Å². The minimum atomic E-state index is -0.638. The van der Waals surface area contributed by atoms with Gasteiger partial charge in [0.15, 0.2) is 0 Å². The van der Waals surface area contributed by atoms with Gasteiger partial charge >= 0.3 is 6.03 Å². The number of amides is 3. The second-order valence-electron chi connectivity index (χ2n) is 5.73. The van der Waals surface area contributed by atoms with Crippen molar-refractivity contribution in [2.24, 2.45) is 5.73 Å². The summed E-state index contributed by atoms with van der Waals surface area (Å²) in [7, 11) is 0. The maximum atomic E-state index is 12.4. The summed E-state index contributed by atoms with van der Waals surface area (Å²) in [6.45, 7) is 0.986. The van der Waals surface area contributed by atoms with Crippen molar-refractivity contribution in [3.63, 3.8) is 0 Å². The maximum absolute atomic E-state index is 12.4. The highest BCUT2D eigenvalue weighted by atomic mass is 32.1. The molecule has 3 amide bonds. The van der Waals surface area contributed by atoms with Crippen LogP contribution >= 0.6 is 11.3 Å². The summed E-state index contributed by atoms with van der Waals surface area (Å²) in [5.41, 5.74) is 8.33. The first-order chi connectivity index (χ1) is 11.6. The Morgan fingerprint density at radius 3 is 2.96 bits per heavy atom. The van der Waals surface area contributed by atoms with E-state index in [2.05, 4.69) is 16.0 Å². The number of hydrogen-bond acceptors (Lipinski definition) is 4. The summed E-state index contributed by atoms with van der Waals surface area (Å²) in [4.78, 5) is 24.4. The van der Waals surface area contributed by atoms with E-state index in [0.29, 0.717) is 0 Å². The van der Waals surface area contributed by atoms with Crippen molar-refractivity contribution in [2.75, 3.05) is 17.2 Å². The number of carbonyl (C=O) groups excluding carboxylic acids is 2. The number of fused-ring (bicyclic) bond motifs is 1. The van der Waals surface area contributed by atoms with Crippen LogP contribution in [0.1, 0.15) is 29.3 Å². The van der Waals surface area contributed by atoms with Gasteiger partial charge in [0.25, 0.3) is 0 Å². The van der Waals surface area contributed by atoms with Gasteiger partial charge in [-0.15, -0.1) is 11.3 Å². The molecule has 7 heteroatoms. The molecule has 2 aromatic rings. The molecule has 5 N–H and O–H groups in total. The van der Waals surface area contributed by atoms with Gasteiger partial charge in [0.1, 0.15) is 0 Å². The summed E-state index contributed by atoms with van der Waals surface area (Å²) in [6, 6.07) is 8.58. The van der Waals surface area contributed by atoms with Crippen LogP contribution in [0.15, 0.2) is 35.7 Å². The number of thiophene rings is 1. The minimum Gasteiger partial charge on any atom is -0.385 e. The van der Waals surface area contributed by atoms with E-state index in [-0.39, 0.29) is 12.3 Å². The Morgan fingerprint density at radius 1 is 1.33 bits per heavy atom. The Morgan fingerprint density at radius 2 is 2.21 bits per heavy atom. The summed E-state index contributed by atoms with van der Waals surface area (Å²) < 4.78 is 0. The van der Waals surface area contributed by atoms with E-state index in [0.717, 1.165) is 35.6 Å². The quantitative estimate of drug-likeness (QED) is 0.671. The van der Waals surface area contributed by atoms with E-state index in [9.17, 15) is 9.59 Å². The fraction of sp³-hybridized carbons (Fsp3) is 0.294. The number of benzene rings is 1. The van der Waals surface area contributed by atoms with Gasteiger partial charge in [-0.1, -0.05) is 6.07 Å². The second kappa shape index (κ2) is 7.35. The number of rotatable bonds is 5. The van der Waals surface area contributed by atoms with Gasteiger partial charge in [0.2, 0.25) is 5.91 Å². The highest BCUT2D eigenvalue weighted by Gasteiger charge is 2.19. The molecule has 1 aromatic carbocycles. The normalized spacial score (nSPS) is 14.2. The number of aryl methyl sites for hydroxylation is 1. The number of urea groups is 1. The molecular formula is C17H20N4O2S. The largest absolute Gasteiger partial charge is 0.385 e. The summed E-state index contributed by atoms with van der Waals surface area (Å²) in [6.07, 6.45) is 2.24. The lowest BCUT2D eigenvalue weighted by molar-refractivity contribution is -0.116. The van der Waals surface area contributed by atoms with Crippen LogP contribution in [-0.2, 0) is 11.2 Å². The Bertz CT molecular complexity index is 730. The molecule has 0 aliphatic carbocycles. The van der Waals surface area contributed by atoms with Crippen molar-refractivity contribution >= 4 is 34.6 Å². The van der Waals surface area contributed by atoms with E-state index in [1.54, 1.807) is 0 Å². The van der Waals surface area contributed by atoms with Gasteiger partial charge in [-0.2, -0.15) is 0 Å². The first-order valence-corrected chi connectivity index (χ1v) is 8.76.